The summed E-state index contributed by atoms with van der Waals surface area (Å²) in [6.45, 7) is 0. The number of unbranched alkanes of at least 4 members (excludes halogenated alkanes) is 7. The number of carboxylic acids is 1. The van der Waals surface area contributed by atoms with Crippen LogP contribution in [0.1, 0.15) is 64.2 Å². The molecule has 1 aliphatic rings. The van der Waals surface area contributed by atoms with Crippen LogP contribution in [-0.2, 0) is 4.79 Å². The van der Waals surface area contributed by atoms with Crippen LogP contribution in [0, 0.1) is 0 Å². The molecule has 118 valence electrons. The Morgan fingerprint density at radius 1 is 0.950 bits per heavy atom. The summed E-state index contributed by atoms with van der Waals surface area (Å²) in [6, 6.07) is 0. The minimum atomic E-state index is -0.617. The zero-order chi connectivity index (χ0) is 14.7. The van der Waals surface area contributed by atoms with Crippen LogP contribution in [0.5, 0.6) is 0 Å². The molecule has 1 rings (SSSR count). The summed E-state index contributed by atoms with van der Waals surface area (Å²) in [5.74, 6) is 2.17. The molecule has 2 nitrogen and oxygen atoms in total. The predicted molar refractivity (Wildman–Crippen MR) is 92.2 cm³/mol. The highest BCUT2D eigenvalue weighted by Gasteiger charge is 2.40. The molecular weight excluding hydrogens is 312 g/mol. The Balaban J connectivity index is 2.05. The van der Waals surface area contributed by atoms with Crippen LogP contribution in [0.3, 0.4) is 0 Å². The molecule has 0 spiro atoms. The normalized spacial score (nSPS) is 18.1. The number of rotatable bonds is 11. The molecule has 1 fully saturated rings. The molecular formula is C15H27ClO2S2. The van der Waals surface area contributed by atoms with E-state index in [0.717, 1.165) is 43.1 Å². The highest BCUT2D eigenvalue weighted by atomic mass is 35.5. The lowest BCUT2D eigenvalue weighted by Crippen LogP contribution is -2.34. The van der Waals surface area contributed by atoms with E-state index in [4.69, 9.17) is 11.6 Å². The quantitative estimate of drug-likeness (QED) is 0.405. The number of halogens is 1. The average Bonchev–Trinajstić information content (AvgIpc) is 2.46. The monoisotopic (exact) mass is 338 g/mol. The maximum absolute atomic E-state index is 11.5. The van der Waals surface area contributed by atoms with Crippen LogP contribution in [0.25, 0.3) is 0 Å². The lowest BCUT2D eigenvalue weighted by molar-refractivity contribution is -0.137. The standard InChI is InChI=1S/C15H27ClO2S2/c16-11-8-6-4-2-1-3-5-7-10-15(14(17)18)19-12-9-13-20-15/h1-13H2,(H,17,18). The van der Waals surface area contributed by atoms with Gasteiger partial charge in [0, 0.05) is 5.88 Å². The van der Waals surface area contributed by atoms with E-state index in [1.54, 1.807) is 23.5 Å². The van der Waals surface area contributed by atoms with Crippen molar-refractivity contribution in [2.24, 2.45) is 0 Å². The molecule has 0 radical (unpaired) electrons. The molecule has 1 saturated heterocycles. The summed E-state index contributed by atoms with van der Waals surface area (Å²) >= 11 is 8.94. The summed E-state index contributed by atoms with van der Waals surface area (Å²) in [7, 11) is 0. The van der Waals surface area contributed by atoms with Gasteiger partial charge in [0.25, 0.3) is 0 Å². The van der Waals surface area contributed by atoms with E-state index < -0.39 is 10.0 Å². The molecule has 1 aliphatic heterocycles. The zero-order valence-electron chi connectivity index (χ0n) is 12.2. The van der Waals surface area contributed by atoms with Gasteiger partial charge in [-0.25, -0.2) is 4.79 Å². The van der Waals surface area contributed by atoms with E-state index in [-0.39, 0.29) is 0 Å². The molecule has 0 aromatic carbocycles. The van der Waals surface area contributed by atoms with Crippen LogP contribution in [0.15, 0.2) is 0 Å². The third kappa shape index (κ3) is 6.95. The van der Waals surface area contributed by atoms with Crippen LogP contribution >= 0.6 is 35.1 Å². The Morgan fingerprint density at radius 2 is 1.45 bits per heavy atom. The topological polar surface area (TPSA) is 37.3 Å². The maximum Gasteiger partial charge on any atom is 0.330 e. The van der Waals surface area contributed by atoms with Crippen molar-refractivity contribution >= 4 is 41.1 Å². The van der Waals surface area contributed by atoms with Crippen molar-refractivity contribution in [2.75, 3.05) is 17.4 Å². The summed E-state index contributed by atoms with van der Waals surface area (Å²) in [6.07, 6.45) is 11.7. The van der Waals surface area contributed by atoms with Gasteiger partial charge in [-0.3, -0.25) is 0 Å². The molecule has 0 unspecified atom stereocenters. The molecule has 0 aliphatic carbocycles. The molecule has 0 bridgehead atoms. The van der Waals surface area contributed by atoms with E-state index in [0.29, 0.717) is 0 Å². The molecule has 0 aromatic rings. The first-order valence-corrected chi connectivity index (χ1v) is 10.3. The second kappa shape index (κ2) is 11.1. The Morgan fingerprint density at radius 3 is 1.95 bits per heavy atom. The zero-order valence-corrected chi connectivity index (χ0v) is 14.6. The molecule has 0 saturated carbocycles. The van der Waals surface area contributed by atoms with Crippen LogP contribution in [-0.4, -0.2) is 32.5 Å². The first kappa shape index (κ1) is 18.5. The maximum atomic E-state index is 11.5. The molecule has 0 atom stereocenters. The van der Waals surface area contributed by atoms with Crippen molar-refractivity contribution in [1.82, 2.24) is 0 Å². The second-order valence-electron chi connectivity index (χ2n) is 5.38. The summed E-state index contributed by atoms with van der Waals surface area (Å²) < 4.78 is -0.543. The fourth-order valence-corrected chi connectivity index (χ4v) is 5.73. The highest BCUT2D eigenvalue weighted by Crippen LogP contribution is 2.46. The first-order valence-electron chi connectivity index (χ1n) is 7.78. The number of aliphatic carboxylic acids is 1. The number of hydrogen-bond acceptors (Lipinski definition) is 3. The van der Waals surface area contributed by atoms with E-state index in [9.17, 15) is 9.90 Å². The van der Waals surface area contributed by atoms with Gasteiger partial charge in [0.1, 0.15) is 0 Å². The van der Waals surface area contributed by atoms with Crippen LogP contribution in [0.2, 0.25) is 0 Å². The average molecular weight is 339 g/mol. The van der Waals surface area contributed by atoms with Gasteiger partial charge in [-0.2, -0.15) is 0 Å². The van der Waals surface area contributed by atoms with Gasteiger partial charge in [0.05, 0.1) is 0 Å². The second-order valence-corrected chi connectivity index (χ2v) is 8.80. The summed E-state index contributed by atoms with van der Waals surface area (Å²) in [5, 5.41) is 9.46. The molecule has 5 heteroatoms. The van der Waals surface area contributed by atoms with Gasteiger partial charge in [-0.05, 0) is 30.8 Å². The van der Waals surface area contributed by atoms with Gasteiger partial charge < -0.3 is 5.11 Å². The number of carbonyl (C=O) groups is 1. The Labute approximate surface area is 136 Å². The SMILES string of the molecule is O=C(O)C1(CCCCCCCCCCCl)SCCCS1. The van der Waals surface area contributed by atoms with Crippen molar-refractivity contribution in [3.8, 4) is 0 Å². The van der Waals surface area contributed by atoms with Gasteiger partial charge in [0.15, 0.2) is 4.08 Å². The lowest BCUT2D eigenvalue weighted by Gasteiger charge is -2.31. The van der Waals surface area contributed by atoms with E-state index in [2.05, 4.69) is 0 Å². The third-order valence-electron chi connectivity index (χ3n) is 3.67. The van der Waals surface area contributed by atoms with Crippen molar-refractivity contribution in [1.29, 1.82) is 0 Å². The summed E-state index contributed by atoms with van der Waals surface area (Å²) in [4.78, 5) is 11.5. The van der Waals surface area contributed by atoms with E-state index >= 15 is 0 Å². The van der Waals surface area contributed by atoms with Crippen molar-refractivity contribution < 1.29 is 9.90 Å². The highest BCUT2D eigenvalue weighted by molar-refractivity contribution is 8.19. The molecule has 1 heterocycles. The Kier molecular flexibility index (Phi) is 10.3. The fraction of sp³-hybridized carbons (Fsp3) is 0.933. The lowest BCUT2D eigenvalue weighted by atomic mass is 10.1. The van der Waals surface area contributed by atoms with E-state index in [1.165, 1.54) is 38.5 Å². The minimum absolute atomic E-state index is 0.543. The predicted octanol–water partition coefficient (Wildman–Crippen LogP) is 5.39. The van der Waals surface area contributed by atoms with Crippen molar-refractivity contribution in [3.63, 3.8) is 0 Å². The fourth-order valence-electron chi connectivity index (χ4n) is 2.46. The Hall–Kier alpha value is 0.460. The summed E-state index contributed by atoms with van der Waals surface area (Å²) in [5.41, 5.74) is 0. The van der Waals surface area contributed by atoms with Crippen molar-refractivity contribution in [2.45, 2.75) is 68.3 Å². The third-order valence-corrected chi connectivity index (χ3v) is 7.32. The number of thioether (sulfide) groups is 2. The first-order chi connectivity index (χ1) is 9.71. The number of alkyl halides is 1. The minimum Gasteiger partial charge on any atom is -0.480 e. The van der Waals surface area contributed by atoms with E-state index in [1.807, 2.05) is 0 Å². The molecule has 1 N–H and O–H groups in total. The largest absolute Gasteiger partial charge is 0.480 e. The van der Waals surface area contributed by atoms with Gasteiger partial charge in [0.2, 0.25) is 0 Å². The number of hydrogen-bond donors (Lipinski definition) is 1. The van der Waals surface area contributed by atoms with Gasteiger partial charge in [-0.1, -0.05) is 44.9 Å². The molecule has 0 aromatic heterocycles. The molecule has 0 amide bonds. The smallest absolute Gasteiger partial charge is 0.330 e. The number of carboxylic acid groups (broad SMARTS) is 1. The van der Waals surface area contributed by atoms with Gasteiger partial charge >= 0.3 is 5.97 Å². The Bertz CT molecular complexity index is 269. The van der Waals surface area contributed by atoms with Crippen molar-refractivity contribution in [3.05, 3.63) is 0 Å². The van der Waals surface area contributed by atoms with Crippen LogP contribution < -0.4 is 0 Å². The van der Waals surface area contributed by atoms with Gasteiger partial charge in [-0.15, -0.1) is 35.1 Å². The molecule has 20 heavy (non-hydrogen) atoms. The van der Waals surface area contributed by atoms with Crippen LogP contribution in [0.4, 0.5) is 0 Å².